The number of carbonyl (C=O) groups excluding carboxylic acids is 2. The van der Waals surface area contributed by atoms with Gasteiger partial charge in [-0.25, -0.2) is 0 Å². The molecule has 0 fully saturated rings. The lowest BCUT2D eigenvalue weighted by atomic mass is 9.69. The number of nitrogens with one attached hydrogen (secondary N) is 1. The Morgan fingerprint density at radius 1 is 1.37 bits per heavy atom. The molecule has 0 rings (SSSR count). The van der Waals surface area contributed by atoms with E-state index >= 15 is 0 Å². The highest BCUT2D eigenvalue weighted by atomic mass is 32.2. The highest BCUT2D eigenvalue weighted by Crippen LogP contribution is 2.21. The monoisotopic (exact) mass is 283 g/mol. The van der Waals surface area contributed by atoms with Gasteiger partial charge in [-0.3, -0.25) is 9.59 Å². The first-order valence-electron chi connectivity index (χ1n) is 6.02. The molecule has 0 bridgehead atoms. The van der Waals surface area contributed by atoms with E-state index in [0.717, 1.165) is 11.8 Å². The summed E-state index contributed by atoms with van der Waals surface area (Å²) in [4.78, 5) is 20.8. The van der Waals surface area contributed by atoms with E-state index in [1.807, 2.05) is 34.6 Å². The summed E-state index contributed by atoms with van der Waals surface area (Å²) in [6.45, 7) is 9.98. The van der Waals surface area contributed by atoms with Crippen molar-refractivity contribution in [2.45, 2.75) is 44.8 Å². The number of rotatable bonds is 5. The van der Waals surface area contributed by atoms with Gasteiger partial charge in [0.2, 0.25) is 0 Å². The van der Waals surface area contributed by atoms with Gasteiger partial charge in [0.15, 0.2) is 5.12 Å². The van der Waals surface area contributed by atoms with Gasteiger partial charge in [0.25, 0.3) is 6.47 Å². The molecule has 0 aromatic heterocycles. The molecule has 4 nitrogen and oxygen atoms in total. The second-order valence-corrected chi connectivity index (χ2v) is 6.75. The van der Waals surface area contributed by atoms with Crippen LogP contribution in [0.3, 0.4) is 0 Å². The number of thioether (sulfide) groups is 1. The molecule has 0 aliphatic carbocycles. The lowest BCUT2D eigenvalue weighted by Crippen LogP contribution is -2.38. The molecule has 0 atom stereocenters. The van der Waals surface area contributed by atoms with E-state index in [9.17, 15) is 9.59 Å². The number of ether oxygens (including phenoxy) is 1. The maximum atomic E-state index is 11.2. The molecule has 0 spiro atoms. The van der Waals surface area contributed by atoms with Gasteiger partial charge in [0.05, 0.1) is 15.7 Å². The highest BCUT2D eigenvalue weighted by Gasteiger charge is 2.22. The quantitative estimate of drug-likeness (QED) is 0.604. The first-order chi connectivity index (χ1) is 8.45. The fourth-order valence-electron chi connectivity index (χ4n) is 0.762. The molecule has 0 aliphatic heterocycles. The van der Waals surface area contributed by atoms with Gasteiger partial charge in [-0.1, -0.05) is 25.6 Å². The molecule has 0 aromatic rings. The second kappa shape index (κ2) is 9.48. The van der Waals surface area contributed by atoms with Gasteiger partial charge < -0.3 is 10.1 Å². The van der Waals surface area contributed by atoms with Gasteiger partial charge in [0, 0.05) is 5.92 Å². The maximum Gasteiger partial charge on any atom is 0.293 e. The van der Waals surface area contributed by atoms with Gasteiger partial charge >= 0.3 is 0 Å². The molecule has 0 saturated carbocycles. The van der Waals surface area contributed by atoms with E-state index in [0.29, 0.717) is 13.0 Å². The van der Waals surface area contributed by atoms with Crippen molar-refractivity contribution in [1.29, 1.82) is 0 Å². The van der Waals surface area contributed by atoms with Crippen LogP contribution in [0, 0.1) is 5.92 Å². The summed E-state index contributed by atoms with van der Waals surface area (Å²) < 4.78 is 3.56. The van der Waals surface area contributed by atoms with E-state index in [1.54, 1.807) is 7.05 Å². The van der Waals surface area contributed by atoms with Crippen molar-refractivity contribution in [2.75, 3.05) is 13.6 Å². The van der Waals surface area contributed by atoms with Crippen molar-refractivity contribution >= 4 is 39.0 Å². The second-order valence-electron chi connectivity index (χ2n) is 5.39. The molecule has 106 valence electrons. The minimum Gasteiger partial charge on any atom is -0.462 e. The van der Waals surface area contributed by atoms with Crippen LogP contribution >= 0.6 is 11.8 Å². The Morgan fingerprint density at radius 2 is 1.84 bits per heavy atom. The van der Waals surface area contributed by atoms with E-state index in [4.69, 9.17) is 15.7 Å². The van der Waals surface area contributed by atoms with Crippen molar-refractivity contribution < 1.29 is 14.3 Å². The lowest BCUT2D eigenvalue weighted by molar-refractivity contribution is -0.138. The number of carbonyl (C=O) groups is 2. The van der Waals surface area contributed by atoms with Crippen LogP contribution in [-0.4, -0.2) is 51.0 Å². The molecule has 0 unspecified atom stereocenters. The van der Waals surface area contributed by atoms with Crippen LogP contribution in [0.5, 0.6) is 0 Å². The van der Waals surface area contributed by atoms with E-state index in [-0.39, 0.29) is 16.6 Å². The van der Waals surface area contributed by atoms with Crippen molar-refractivity contribution in [3.05, 3.63) is 0 Å². The smallest absolute Gasteiger partial charge is 0.293 e. The zero-order valence-electron chi connectivity index (χ0n) is 12.6. The summed E-state index contributed by atoms with van der Waals surface area (Å²) in [6.07, 6.45) is 0. The summed E-state index contributed by atoms with van der Waals surface area (Å²) in [7, 11) is 13.0. The average molecular weight is 283 g/mol. The largest absolute Gasteiger partial charge is 0.462 e. The summed E-state index contributed by atoms with van der Waals surface area (Å²) in [5, 5.41) is 2.85. The zero-order chi connectivity index (χ0) is 15.7. The third-order valence-corrected chi connectivity index (χ3v) is 2.81. The normalized spacial score (nSPS) is 11.5. The SMILES string of the molecule is CC(C)(C)OC=O.[B]C([B])(CNC)SC(=O)C(C)C. The summed E-state index contributed by atoms with van der Waals surface area (Å²) in [5.41, 5.74) is -0.318. The standard InChI is InChI=1S/C7H13B2NOS.C5H10O2/c1-5(2)6(11)12-7(8,9)4-10-3;1-5(2,3)7-4-6/h5,10H,4H2,1-3H3;4H,1-3H3. The number of hydrogen-bond acceptors (Lipinski definition) is 5. The Morgan fingerprint density at radius 3 is 2.05 bits per heavy atom. The molecule has 0 amide bonds. The van der Waals surface area contributed by atoms with Crippen LogP contribution in [0.2, 0.25) is 0 Å². The Kier molecular flexibility index (Phi) is 10.4. The maximum absolute atomic E-state index is 11.2. The minimum absolute atomic E-state index is 0.0234. The van der Waals surface area contributed by atoms with Gasteiger partial charge in [0.1, 0.15) is 5.60 Å². The van der Waals surface area contributed by atoms with Gasteiger partial charge in [-0.05, 0) is 38.9 Å². The fourth-order valence-corrected chi connectivity index (χ4v) is 1.59. The predicted molar refractivity (Wildman–Crippen MR) is 82.5 cm³/mol. The van der Waals surface area contributed by atoms with Crippen LogP contribution in [-0.2, 0) is 14.3 Å². The van der Waals surface area contributed by atoms with Crippen molar-refractivity contribution in [3.8, 4) is 0 Å². The molecule has 0 aromatic carbocycles. The van der Waals surface area contributed by atoms with Crippen molar-refractivity contribution in [2.24, 2.45) is 5.92 Å². The predicted octanol–water partition coefficient (Wildman–Crippen LogP) is 1.07. The minimum atomic E-state index is -0.990. The highest BCUT2D eigenvalue weighted by molar-refractivity contribution is 8.16. The summed E-state index contributed by atoms with van der Waals surface area (Å²) in [5.74, 6) is -0.0293. The lowest BCUT2D eigenvalue weighted by Gasteiger charge is -2.24. The molecule has 0 heterocycles. The Bertz CT molecular complexity index is 279. The Hall–Kier alpha value is -0.420. The first kappa shape index (κ1) is 20.9. The summed E-state index contributed by atoms with van der Waals surface area (Å²) in [6, 6.07) is 0. The third kappa shape index (κ3) is 15.5. The van der Waals surface area contributed by atoms with E-state index < -0.39 is 4.55 Å². The molecule has 1 N–H and O–H groups in total. The average Bonchev–Trinajstić information content (AvgIpc) is 2.15. The Balaban J connectivity index is 0. The van der Waals surface area contributed by atoms with E-state index in [1.165, 1.54) is 0 Å². The first-order valence-corrected chi connectivity index (χ1v) is 6.83. The Labute approximate surface area is 123 Å². The third-order valence-electron chi connectivity index (χ3n) is 1.62. The topological polar surface area (TPSA) is 55.4 Å². The molecule has 19 heavy (non-hydrogen) atoms. The van der Waals surface area contributed by atoms with Crippen molar-refractivity contribution in [1.82, 2.24) is 5.32 Å². The molecule has 0 saturated heterocycles. The molecule has 4 radical (unpaired) electrons. The van der Waals surface area contributed by atoms with Gasteiger partial charge in [-0.15, -0.1) is 0 Å². The molecular weight excluding hydrogens is 260 g/mol. The van der Waals surface area contributed by atoms with Gasteiger partial charge in [-0.2, -0.15) is 0 Å². The molecular formula is C12H23B2NO3S. The van der Waals surface area contributed by atoms with Crippen LogP contribution in [0.4, 0.5) is 0 Å². The van der Waals surface area contributed by atoms with Crippen LogP contribution in [0.1, 0.15) is 34.6 Å². The molecule has 0 aliphatic rings. The fraction of sp³-hybridized carbons (Fsp3) is 0.833. The van der Waals surface area contributed by atoms with Crippen LogP contribution < -0.4 is 5.32 Å². The van der Waals surface area contributed by atoms with E-state index in [2.05, 4.69) is 10.1 Å². The van der Waals surface area contributed by atoms with Crippen LogP contribution in [0.15, 0.2) is 0 Å². The molecule has 7 heteroatoms. The zero-order valence-corrected chi connectivity index (χ0v) is 13.5. The number of hydrogen-bond donors (Lipinski definition) is 1. The van der Waals surface area contributed by atoms with Crippen molar-refractivity contribution in [3.63, 3.8) is 0 Å². The summed E-state index contributed by atoms with van der Waals surface area (Å²) >= 11 is 0.989. The van der Waals surface area contributed by atoms with Crippen LogP contribution in [0.25, 0.3) is 0 Å².